The molecule has 0 aliphatic carbocycles. The Kier molecular flexibility index (Phi) is 2.87. The van der Waals surface area contributed by atoms with Gasteiger partial charge in [-0.25, -0.2) is 4.52 Å². The Morgan fingerprint density at radius 2 is 2.11 bits per heavy atom. The van der Waals surface area contributed by atoms with Crippen molar-refractivity contribution in [1.82, 2.24) is 19.6 Å². The van der Waals surface area contributed by atoms with Crippen molar-refractivity contribution in [2.45, 2.75) is 19.9 Å². The van der Waals surface area contributed by atoms with Gasteiger partial charge in [-0.3, -0.25) is 4.98 Å². The molecule has 0 radical (unpaired) electrons. The maximum atomic E-state index is 4.49. The topological polar surface area (TPSA) is 55.1 Å². The number of anilines is 1. The van der Waals surface area contributed by atoms with E-state index in [4.69, 9.17) is 0 Å². The molecule has 1 N–H and O–H groups in total. The quantitative estimate of drug-likeness (QED) is 0.779. The maximum Gasteiger partial charge on any atom is 0.243 e. The molecule has 0 fully saturated rings. The number of hydrogen-bond acceptors (Lipinski definition) is 4. The van der Waals surface area contributed by atoms with Crippen LogP contribution in [-0.4, -0.2) is 19.6 Å². The zero-order valence-corrected chi connectivity index (χ0v) is 10.9. The second-order valence-corrected chi connectivity index (χ2v) is 4.52. The molecule has 0 aromatic carbocycles. The predicted molar refractivity (Wildman–Crippen MR) is 74.0 cm³/mol. The third-order valence-electron chi connectivity index (χ3n) is 3.03. The van der Waals surface area contributed by atoms with Crippen molar-refractivity contribution in [3.8, 4) is 0 Å². The Morgan fingerprint density at radius 3 is 2.84 bits per heavy atom. The van der Waals surface area contributed by atoms with Crippen LogP contribution in [0.2, 0.25) is 0 Å². The van der Waals surface area contributed by atoms with E-state index in [1.165, 1.54) is 0 Å². The summed E-state index contributed by atoms with van der Waals surface area (Å²) in [6.45, 7) is 4.07. The van der Waals surface area contributed by atoms with Gasteiger partial charge in [0.15, 0.2) is 5.65 Å². The lowest BCUT2D eigenvalue weighted by molar-refractivity contribution is 0.818. The molecule has 5 nitrogen and oxygen atoms in total. The maximum absolute atomic E-state index is 4.49. The van der Waals surface area contributed by atoms with Crippen LogP contribution in [0, 0.1) is 6.92 Å². The third kappa shape index (κ3) is 2.27. The average Bonchev–Trinajstić information content (AvgIpc) is 2.84. The standard InChI is InChI=1S/C14H15N5/c1-10-6-5-9-19-13(10)17-14(18-19)16-11(2)12-7-3-4-8-15-12/h3-9,11H,1-2H3,(H,16,18). The summed E-state index contributed by atoms with van der Waals surface area (Å²) >= 11 is 0. The summed E-state index contributed by atoms with van der Waals surface area (Å²) in [5.74, 6) is 0.618. The monoisotopic (exact) mass is 253 g/mol. The lowest BCUT2D eigenvalue weighted by Gasteiger charge is -2.10. The fraction of sp³-hybridized carbons (Fsp3) is 0.214. The molecule has 0 amide bonds. The fourth-order valence-electron chi connectivity index (χ4n) is 2.00. The van der Waals surface area contributed by atoms with E-state index in [2.05, 4.69) is 20.4 Å². The predicted octanol–water partition coefficient (Wildman–Crippen LogP) is 2.61. The van der Waals surface area contributed by atoms with Crippen LogP contribution >= 0.6 is 0 Å². The van der Waals surface area contributed by atoms with E-state index in [0.717, 1.165) is 16.9 Å². The summed E-state index contributed by atoms with van der Waals surface area (Å²) in [4.78, 5) is 8.81. The zero-order chi connectivity index (χ0) is 13.2. The van der Waals surface area contributed by atoms with E-state index in [1.54, 1.807) is 10.7 Å². The smallest absolute Gasteiger partial charge is 0.243 e. The molecule has 0 bridgehead atoms. The van der Waals surface area contributed by atoms with Crippen molar-refractivity contribution < 1.29 is 0 Å². The minimum absolute atomic E-state index is 0.0684. The number of aromatic nitrogens is 4. The molecule has 3 aromatic rings. The average molecular weight is 253 g/mol. The van der Waals surface area contributed by atoms with Crippen LogP contribution in [-0.2, 0) is 0 Å². The number of fused-ring (bicyclic) bond motifs is 1. The Morgan fingerprint density at radius 1 is 1.21 bits per heavy atom. The van der Waals surface area contributed by atoms with Gasteiger partial charge >= 0.3 is 0 Å². The first-order valence-electron chi connectivity index (χ1n) is 6.23. The van der Waals surface area contributed by atoms with Gasteiger partial charge in [-0.15, -0.1) is 5.10 Å². The van der Waals surface area contributed by atoms with Gasteiger partial charge in [-0.05, 0) is 37.6 Å². The highest BCUT2D eigenvalue weighted by Crippen LogP contribution is 2.16. The first-order chi connectivity index (χ1) is 9.24. The molecule has 0 aliphatic rings. The van der Waals surface area contributed by atoms with Crippen molar-refractivity contribution in [2.75, 3.05) is 5.32 Å². The minimum atomic E-state index is 0.0684. The van der Waals surface area contributed by atoms with Crippen LogP contribution in [0.5, 0.6) is 0 Å². The molecular weight excluding hydrogens is 238 g/mol. The van der Waals surface area contributed by atoms with Gasteiger partial charge in [0, 0.05) is 12.4 Å². The summed E-state index contributed by atoms with van der Waals surface area (Å²) in [7, 11) is 0. The number of pyridine rings is 2. The van der Waals surface area contributed by atoms with Gasteiger partial charge < -0.3 is 5.32 Å². The Balaban J connectivity index is 1.88. The summed E-state index contributed by atoms with van der Waals surface area (Å²) in [6, 6.07) is 9.92. The molecule has 3 heterocycles. The van der Waals surface area contributed by atoms with Gasteiger partial charge in [-0.2, -0.15) is 4.98 Å². The molecule has 3 aromatic heterocycles. The second-order valence-electron chi connectivity index (χ2n) is 4.52. The number of aryl methyl sites for hydroxylation is 1. The molecule has 1 unspecified atom stereocenters. The lowest BCUT2D eigenvalue weighted by Crippen LogP contribution is -2.09. The highest BCUT2D eigenvalue weighted by molar-refractivity contribution is 5.50. The largest absolute Gasteiger partial charge is 0.345 e. The van der Waals surface area contributed by atoms with E-state index in [-0.39, 0.29) is 6.04 Å². The van der Waals surface area contributed by atoms with Gasteiger partial charge in [0.05, 0.1) is 11.7 Å². The van der Waals surface area contributed by atoms with E-state index < -0.39 is 0 Å². The van der Waals surface area contributed by atoms with Gasteiger partial charge in [0.25, 0.3) is 0 Å². The van der Waals surface area contributed by atoms with Gasteiger partial charge in [-0.1, -0.05) is 12.1 Å². The van der Waals surface area contributed by atoms with E-state index >= 15 is 0 Å². The summed E-state index contributed by atoms with van der Waals surface area (Å²) < 4.78 is 1.78. The third-order valence-corrected chi connectivity index (χ3v) is 3.03. The van der Waals surface area contributed by atoms with Crippen LogP contribution < -0.4 is 5.32 Å². The van der Waals surface area contributed by atoms with Crippen LogP contribution in [0.1, 0.15) is 24.2 Å². The number of nitrogens with one attached hydrogen (secondary N) is 1. The first kappa shape index (κ1) is 11.6. The molecule has 96 valence electrons. The zero-order valence-electron chi connectivity index (χ0n) is 10.9. The number of hydrogen-bond donors (Lipinski definition) is 1. The number of rotatable bonds is 3. The normalized spacial score (nSPS) is 12.5. The van der Waals surface area contributed by atoms with E-state index in [1.807, 2.05) is 50.4 Å². The Hall–Kier alpha value is -2.43. The summed E-state index contributed by atoms with van der Waals surface area (Å²) in [5, 5.41) is 7.67. The highest BCUT2D eigenvalue weighted by Gasteiger charge is 2.10. The van der Waals surface area contributed by atoms with E-state index in [9.17, 15) is 0 Å². The SMILES string of the molecule is Cc1cccn2nc(NC(C)c3ccccn3)nc12. The van der Waals surface area contributed by atoms with Crippen LogP contribution in [0.3, 0.4) is 0 Å². The first-order valence-corrected chi connectivity index (χ1v) is 6.23. The van der Waals surface area contributed by atoms with Crippen LogP contribution in [0.15, 0.2) is 42.7 Å². The Labute approximate surface area is 111 Å². The van der Waals surface area contributed by atoms with Crippen molar-refractivity contribution >= 4 is 11.6 Å². The van der Waals surface area contributed by atoms with Gasteiger partial charge in [0.2, 0.25) is 5.95 Å². The summed E-state index contributed by atoms with van der Waals surface area (Å²) in [5.41, 5.74) is 2.95. The van der Waals surface area contributed by atoms with Gasteiger partial charge in [0.1, 0.15) is 0 Å². The Bertz CT molecular complexity index is 689. The van der Waals surface area contributed by atoms with Crippen molar-refractivity contribution in [2.24, 2.45) is 0 Å². The van der Waals surface area contributed by atoms with Crippen LogP contribution in [0.25, 0.3) is 5.65 Å². The molecule has 0 saturated carbocycles. The van der Waals surface area contributed by atoms with E-state index in [0.29, 0.717) is 5.95 Å². The molecule has 0 saturated heterocycles. The van der Waals surface area contributed by atoms with Crippen molar-refractivity contribution in [3.05, 3.63) is 54.0 Å². The highest BCUT2D eigenvalue weighted by atomic mass is 15.3. The molecule has 3 rings (SSSR count). The molecule has 0 spiro atoms. The lowest BCUT2D eigenvalue weighted by atomic mass is 10.2. The summed E-state index contributed by atoms with van der Waals surface area (Å²) in [6.07, 6.45) is 3.68. The van der Waals surface area contributed by atoms with Crippen LogP contribution in [0.4, 0.5) is 5.95 Å². The fourth-order valence-corrected chi connectivity index (χ4v) is 2.00. The molecule has 19 heavy (non-hydrogen) atoms. The molecule has 5 heteroatoms. The number of nitrogens with zero attached hydrogens (tertiary/aromatic N) is 4. The minimum Gasteiger partial charge on any atom is -0.345 e. The molecule has 1 atom stereocenters. The van der Waals surface area contributed by atoms with Crippen molar-refractivity contribution in [1.29, 1.82) is 0 Å². The van der Waals surface area contributed by atoms with Crippen molar-refractivity contribution in [3.63, 3.8) is 0 Å². The molecular formula is C14H15N5. The molecule has 0 aliphatic heterocycles. The second kappa shape index (κ2) is 4.68.